The van der Waals surface area contributed by atoms with Crippen molar-refractivity contribution < 1.29 is 9.18 Å². The van der Waals surface area contributed by atoms with Crippen molar-refractivity contribution >= 4 is 11.6 Å². The molecule has 0 aliphatic rings. The number of anilines is 1. The van der Waals surface area contributed by atoms with Gasteiger partial charge < -0.3 is 5.32 Å². The zero-order valence-electron chi connectivity index (χ0n) is 12.9. The van der Waals surface area contributed by atoms with Gasteiger partial charge in [-0.3, -0.25) is 9.69 Å². The number of carbonyl (C=O) groups is 1. The molecule has 0 spiro atoms. The van der Waals surface area contributed by atoms with Crippen LogP contribution in [0.15, 0.2) is 54.6 Å². The zero-order chi connectivity index (χ0) is 15.9. The van der Waals surface area contributed by atoms with Gasteiger partial charge in [-0.1, -0.05) is 50.2 Å². The second-order valence-electron chi connectivity index (χ2n) is 5.03. The van der Waals surface area contributed by atoms with E-state index in [-0.39, 0.29) is 17.8 Å². The lowest BCUT2D eigenvalue weighted by molar-refractivity contribution is -0.121. The van der Waals surface area contributed by atoms with Crippen molar-refractivity contribution in [3.8, 4) is 0 Å². The minimum atomic E-state index is -0.389. The summed E-state index contributed by atoms with van der Waals surface area (Å²) in [5, 5.41) is 2.81. The first kappa shape index (κ1) is 16.2. The fourth-order valence-corrected chi connectivity index (χ4v) is 2.53. The predicted molar refractivity (Wildman–Crippen MR) is 87.1 cm³/mol. The van der Waals surface area contributed by atoms with Crippen LogP contribution in [0.3, 0.4) is 0 Å². The Morgan fingerprint density at radius 1 is 1.09 bits per heavy atom. The summed E-state index contributed by atoms with van der Waals surface area (Å²) in [4.78, 5) is 14.8. The molecular weight excluding hydrogens is 279 g/mol. The molecule has 0 fully saturated rings. The summed E-state index contributed by atoms with van der Waals surface area (Å²) in [7, 11) is 0. The van der Waals surface area contributed by atoms with Crippen molar-refractivity contribution in [2.75, 3.05) is 18.4 Å². The molecule has 2 aromatic rings. The maximum Gasteiger partial charge on any atom is 0.246 e. The number of amides is 1. The Balaban J connectivity index is 2.26. The van der Waals surface area contributed by atoms with Gasteiger partial charge in [-0.2, -0.15) is 0 Å². The van der Waals surface area contributed by atoms with E-state index in [2.05, 4.69) is 10.2 Å². The van der Waals surface area contributed by atoms with Crippen LogP contribution in [0.25, 0.3) is 0 Å². The third kappa shape index (κ3) is 3.92. The van der Waals surface area contributed by atoms with Gasteiger partial charge in [-0.05, 0) is 36.9 Å². The van der Waals surface area contributed by atoms with E-state index in [0.717, 1.165) is 18.7 Å². The van der Waals surface area contributed by atoms with Crippen LogP contribution >= 0.6 is 0 Å². The Morgan fingerprint density at radius 3 is 2.36 bits per heavy atom. The van der Waals surface area contributed by atoms with Gasteiger partial charge in [0.2, 0.25) is 5.91 Å². The average Bonchev–Trinajstić information content (AvgIpc) is 2.53. The number of nitrogens with zero attached hydrogens (tertiary/aromatic N) is 1. The van der Waals surface area contributed by atoms with Gasteiger partial charge in [0.25, 0.3) is 0 Å². The Labute approximate surface area is 130 Å². The van der Waals surface area contributed by atoms with E-state index in [9.17, 15) is 9.18 Å². The van der Waals surface area contributed by atoms with Crippen LogP contribution in [0.5, 0.6) is 0 Å². The van der Waals surface area contributed by atoms with Gasteiger partial charge in [-0.25, -0.2) is 4.39 Å². The average molecular weight is 300 g/mol. The second-order valence-corrected chi connectivity index (χ2v) is 5.03. The molecule has 1 amide bonds. The van der Waals surface area contributed by atoms with E-state index >= 15 is 0 Å². The van der Waals surface area contributed by atoms with E-state index in [1.165, 1.54) is 12.1 Å². The van der Waals surface area contributed by atoms with Crippen LogP contribution in [-0.4, -0.2) is 23.9 Å². The van der Waals surface area contributed by atoms with E-state index in [1.54, 1.807) is 12.1 Å². The summed E-state index contributed by atoms with van der Waals surface area (Å²) in [6, 6.07) is 15.2. The summed E-state index contributed by atoms with van der Waals surface area (Å²) in [6.07, 6.45) is 0. The van der Waals surface area contributed by atoms with Crippen LogP contribution in [0.4, 0.5) is 10.1 Å². The molecule has 1 atom stereocenters. The number of hydrogen-bond acceptors (Lipinski definition) is 2. The summed E-state index contributed by atoms with van der Waals surface area (Å²) < 4.78 is 13.3. The Kier molecular flexibility index (Phi) is 5.67. The predicted octanol–water partition coefficient (Wildman–Crippen LogP) is 3.85. The van der Waals surface area contributed by atoms with Gasteiger partial charge in [0, 0.05) is 5.69 Å². The van der Waals surface area contributed by atoms with Gasteiger partial charge in [-0.15, -0.1) is 0 Å². The molecule has 2 aromatic carbocycles. The molecule has 22 heavy (non-hydrogen) atoms. The van der Waals surface area contributed by atoms with Crippen molar-refractivity contribution in [3.63, 3.8) is 0 Å². The number of carbonyl (C=O) groups excluding carboxylic acids is 1. The van der Waals surface area contributed by atoms with Crippen LogP contribution in [0.1, 0.15) is 25.5 Å². The van der Waals surface area contributed by atoms with Crippen LogP contribution < -0.4 is 5.32 Å². The van der Waals surface area contributed by atoms with Crippen molar-refractivity contribution in [2.45, 2.75) is 19.9 Å². The quantitative estimate of drug-likeness (QED) is 0.879. The number of likely N-dealkylation sites (N-methyl/N-ethyl adjacent to an activating group) is 1. The lowest BCUT2D eigenvalue weighted by atomic mass is 10.0. The largest absolute Gasteiger partial charge is 0.324 e. The third-order valence-electron chi connectivity index (χ3n) is 3.63. The highest BCUT2D eigenvalue weighted by Crippen LogP contribution is 2.22. The highest BCUT2D eigenvalue weighted by Gasteiger charge is 2.25. The molecule has 0 radical (unpaired) electrons. The summed E-state index contributed by atoms with van der Waals surface area (Å²) >= 11 is 0. The number of halogens is 1. The van der Waals surface area contributed by atoms with E-state index < -0.39 is 0 Å². The first-order valence-corrected chi connectivity index (χ1v) is 7.51. The van der Waals surface area contributed by atoms with Crippen molar-refractivity contribution in [2.24, 2.45) is 0 Å². The lowest BCUT2D eigenvalue weighted by Crippen LogP contribution is -2.37. The topological polar surface area (TPSA) is 32.3 Å². The second kappa shape index (κ2) is 7.71. The monoisotopic (exact) mass is 300 g/mol. The zero-order valence-corrected chi connectivity index (χ0v) is 12.9. The minimum Gasteiger partial charge on any atom is -0.324 e. The molecule has 0 bridgehead atoms. The maximum atomic E-state index is 13.3. The number of hydrogen-bond donors (Lipinski definition) is 1. The molecule has 0 aliphatic heterocycles. The molecule has 116 valence electrons. The molecule has 0 aliphatic carbocycles. The van der Waals surface area contributed by atoms with Gasteiger partial charge in [0.05, 0.1) is 0 Å². The van der Waals surface area contributed by atoms with Gasteiger partial charge in [0.15, 0.2) is 0 Å². The van der Waals surface area contributed by atoms with Crippen molar-refractivity contribution in [1.82, 2.24) is 4.90 Å². The normalized spacial score (nSPS) is 12.2. The molecule has 0 saturated carbocycles. The number of rotatable bonds is 6. The third-order valence-corrected chi connectivity index (χ3v) is 3.63. The molecule has 0 aromatic heterocycles. The summed E-state index contributed by atoms with van der Waals surface area (Å²) in [5.41, 5.74) is 1.40. The smallest absolute Gasteiger partial charge is 0.246 e. The van der Waals surface area contributed by atoms with E-state index in [1.807, 2.05) is 44.2 Å². The standard InChI is InChI=1S/C18H21FN2O/c1-3-21(4-2)17(14-9-6-5-7-10-14)18(22)20-16-12-8-11-15(19)13-16/h5-13,17H,3-4H2,1-2H3,(H,20,22). The summed E-state index contributed by atoms with van der Waals surface area (Å²) in [6.45, 7) is 5.56. The fraction of sp³-hybridized carbons (Fsp3) is 0.278. The van der Waals surface area contributed by atoms with Crippen LogP contribution in [0, 0.1) is 5.82 Å². The number of nitrogens with one attached hydrogen (secondary N) is 1. The maximum absolute atomic E-state index is 13.3. The van der Waals surface area contributed by atoms with Gasteiger partial charge in [0.1, 0.15) is 11.9 Å². The molecule has 4 heteroatoms. The first-order valence-electron chi connectivity index (χ1n) is 7.51. The first-order chi connectivity index (χ1) is 10.7. The van der Waals surface area contributed by atoms with Crippen molar-refractivity contribution in [3.05, 3.63) is 66.0 Å². The van der Waals surface area contributed by atoms with Gasteiger partial charge >= 0.3 is 0 Å². The highest BCUT2D eigenvalue weighted by atomic mass is 19.1. The SMILES string of the molecule is CCN(CC)C(C(=O)Nc1cccc(F)c1)c1ccccc1. The van der Waals surface area contributed by atoms with E-state index in [4.69, 9.17) is 0 Å². The van der Waals surface area contributed by atoms with Crippen molar-refractivity contribution in [1.29, 1.82) is 0 Å². The highest BCUT2D eigenvalue weighted by molar-refractivity contribution is 5.95. The molecule has 0 heterocycles. The Bertz CT molecular complexity index is 611. The molecule has 2 rings (SSSR count). The summed E-state index contributed by atoms with van der Waals surface area (Å²) in [5.74, 6) is -0.516. The van der Waals surface area contributed by atoms with E-state index in [0.29, 0.717) is 5.69 Å². The van der Waals surface area contributed by atoms with Crippen LogP contribution in [0.2, 0.25) is 0 Å². The Morgan fingerprint density at radius 2 is 1.77 bits per heavy atom. The van der Waals surface area contributed by atoms with Crippen LogP contribution in [-0.2, 0) is 4.79 Å². The number of benzene rings is 2. The molecule has 0 saturated heterocycles. The molecule has 3 nitrogen and oxygen atoms in total. The fourth-order valence-electron chi connectivity index (χ4n) is 2.53. The Hall–Kier alpha value is -2.20. The molecule has 1 unspecified atom stereocenters. The molecule has 1 N–H and O–H groups in total. The lowest BCUT2D eigenvalue weighted by Gasteiger charge is -2.29. The minimum absolute atomic E-state index is 0.152. The molecular formula is C18H21FN2O.